The summed E-state index contributed by atoms with van der Waals surface area (Å²) in [6, 6.07) is 6.05. The van der Waals surface area contributed by atoms with Crippen LogP contribution in [0.2, 0.25) is 0 Å². The minimum Gasteiger partial charge on any atom is -0.480 e. The van der Waals surface area contributed by atoms with Gasteiger partial charge in [-0.05, 0) is 25.5 Å². The van der Waals surface area contributed by atoms with Gasteiger partial charge in [0.05, 0.1) is 10.5 Å². The SMILES string of the molecule is O=C(O)C1CCCN1C/C=C/c1ccccc1[N+](=O)[O-]. The summed E-state index contributed by atoms with van der Waals surface area (Å²) in [6.07, 6.45) is 4.99. The molecule has 6 heteroatoms. The first kappa shape index (κ1) is 14.2. The van der Waals surface area contributed by atoms with E-state index in [1.165, 1.54) is 6.07 Å². The van der Waals surface area contributed by atoms with Crippen molar-refractivity contribution >= 4 is 17.7 Å². The van der Waals surface area contributed by atoms with Gasteiger partial charge < -0.3 is 5.11 Å². The first-order chi connectivity index (χ1) is 9.59. The smallest absolute Gasteiger partial charge is 0.320 e. The standard InChI is InChI=1S/C14H16N2O4/c17-14(18)13-8-4-10-15(13)9-3-6-11-5-1-2-7-12(11)16(19)20/h1-3,5-7,13H,4,8-10H2,(H,17,18)/b6-3+. The molecule has 1 unspecified atom stereocenters. The van der Waals surface area contributed by atoms with E-state index in [0.29, 0.717) is 18.5 Å². The fraction of sp³-hybridized carbons (Fsp3) is 0.357. The highest BCUT2D eigenvalue weighted by molar-refractivity contribution is 5.73. The van der Waals surface area contributed by atoms with Crippen LogP contribution in [0.1, 0.15) is 18.4 Å². The van der Waals surface area contributed by atoms with Crippen LogP contribution < -0.4 is 0 Å². The van der Waals surface area contributed by atoms with Gasteiger partial charge in [0.25, 0.3) is 5.69 Å². The monoisotopic (exact) mass is 276 g/mol. The lowest BCUT2D eigenvalue weighted by molar-refractivity contribution is -0.385. The summed E-state index contributed by atoms with van der Waals surface area (Å²) in [5.41, 5.74) is 0.587. The molecule has 1 aromatic carbocycles. The maximum Gasteiger partial charge on any atom is 0.320 e. The van der Waals surface area contributed by atoms with Crippen LogP contribution in [0.25, 0.3) is 6.08 Å². The number of benzene rings is 1. The van der Waals surface area contributed by atoms with Crippen LogP contribution in [0.15, 0.2) is 30.3 Å². The summed E-state index contributed by atoms with van der Waals surface area (Å²) in [7, 11) is 0. The Balaban J connectivity index is 2.04. The van der Waals surface area contributed by atoms with Crippen molar-refractivity contribution < 1.29 is 14.8 Å². The molecule has 1 aliphatic rings. The van der Waals surface area contributed by atoms with Gasteiger partial charge in [0.1, 0.15) is 6.04 Å². The Hall–Kier alpha value is -2.21. The first-order valence-electron chi connectivity index (χ1n) is 6.46. The molecule has 1 saturated heterocycles. The summed E-state index contributed by atoms with van der Waals surface area (Å²) in [5, 5.41) is 19.9. The zero-order valence-electron chi connectivity index (χ0n) is 10.9. The van der Waals surface area contributed by atoms with Crippen LogP contribution in [0.4, 0.5) is 5.69 Å². The normalized spacial score (nSPS) is 19.5. The highest BCUT2D eigenvalue weighted by atomic mass is 16.6. The predicted molar refractivity (Wildman–Crippen MR) is 74.4 cm³/mol. The number of carboxylic acid groups (broad SMARTS) is 1. The van der Waals surface area contributed by atoms with Crippen molar-refractivity contribution in [3.05, 3.63) is 46.0 Å². The molecule has 0 aliphatic carbocycles. The summed E-state index contributed by atoms with van der Waals surface area (Å²) in [6.45, 7) is 1.24. The second-order valence-corrected chi connectivity index (χ2v) is 4.71. The fourth-order valence-electron chi connectivity index (χ4n) is 2.43. The molecule has 1 N–H and O–H groups in total. The predicted octanol–water partition coefficient (Wildman–Crippen LogP) is 2.16. The maximum atomic E-state index is 11.0. The Bertz CT molecular complexity index is 542. The number of carbonyl (C=O) groups is 1. The quantitative estimate of drug-likeness (QED) is 0.658. The van der Waals surface area contributed by atoms with Crippen molar-refractivity contribution in [2.45, 2.75) is 18.9 Å². The number of para-hydroxylation sites is 1. The van der Waals surface area contributed by atoms with Crippen molar-refractivity contribution in [2.24, 2.45) is 0 Å². The third-order valence-corrected chi connectivity index (χ3v) is 3.42. The van der Waals surface area contributed by atoms with Crippen LogP contribution in [0.5, 0.6) is 0 Å². The van der Waals surface area contributed by atoms with E-state index in [2.05, 4.69) is 0 Å². The van der Waals surface area contributed by atoms with E-state index in [0.717, 1.165) is 13.0 Å². The number of hydrogen-bond acceptors (Lipinski definition) is 4. The van der Waals surface area contributed by atoms with Gasteiger partial charge in [0, 0.05) is 12.6 Å². The number of likely N-dealkylation sites (tertiary alicyclic amines) is 1. The van der Waals surface area contributed by atoms with Gasteiger partial charge in [0.15, 0.2) is 0 Å². The maximum absolute atomic E-state index is 11.0. The lowest BCUT2D eigenvalue weighted by Crippen LogP contribution is -2.35. The molecule has 0 spiro atoms. The Morgan fingerprint density at radius 1 is 1.50 bits per heavy atom. The lowest BCUT2D eigenvalue weighted by Gasteiger charge is -2.18. The Kier molecular flexibility index (Phi) is 4.47. The minimum absolute atomic E-state index is 0.0555. The van der Waals surface area contributed by atoms with E-state index in [1.54, 1.807) is 30.4 Å². The second-order valence-electron chi connectivity index (χ2n) is 4.71. The Morgan fingerprint density at radius 3 is 2.95 bits per heavy atom. The molecule has 1 aliphatic heterocycles. The second kappa shape index (κ2) is 6.29. The van der Waals surface area contributed by atoms with Crippen LogP contribution >= 0.6 is 0 Å². The van der Waals surface area contributed by atoms with Gasteiger partial charge in [-0.2, -0.15) is 0 Å². The zero-order chi connectivity index (χ0) is 14.5. The number of nitro benzene ring substituents is 1. The average Bonchev–Trinajstić information content (AvgIpc) is 2.87. The molecule has 0 amide bonds. The molecule has 0 bridgehead atoms. The van der Waals surface area contributed by atoms with Crippen molar-refractivity contribution in [2.75, 3.05) is 13.1 Å². The van der Waals surface area contributed by atoms with Crippen molar-refractivity contribution in [1.82, 2.24) is 4.90 Å². The third kappa shape index (κ3) is 3.21. The van der Waals surface area contributed by atoms with Crippen LogP contribution in [-0.4, -0.2) is 40.0 Å². The highest BCUT2D eigenvalue weighted by Gasteiger charge is 2.29. The lowest BCUT2D eigenvalue weighted by atomic mass is 10.1. The number of rotatable bonds is 5. The largest absolute Gasteiger partial charge is 0.480 e. The molecule has 1 heterocycles. The van der Waals surface area contributed by atoms with E-state index in [1.807, 2.05) is 4.90 Å². The fourth-order valence-corrected chi connectivity index (χ4v) is 2.43. The van der Waals surface area contributed by atoms with E-state index < -0.39 is 16.9 Å². The number of hydrogen-bond donors (Lipinski definition) is 1. The molecule has 1 fully saturated rings. The summed E-state index contributed by atoms with van der Waals surface area (Å²) in [5.74, 6) is -0.804. The van der Waals surface area contributed by atoms with Crippen LogP contribution in [-0.2, 0) is 4.79 Å². The van der Waals surface area contributed by atoms with Gasteiger partial charge in [-0.25, -0.2) is 0 Å². The van der Waals surface area contributed by atoms with Crippen molar-refractivity contribution in [1.29, 1.82) is 0 Å². The topological polar surface area (TPSA) is 83.7 Å². The first-order valence-corrected chi connectivity index (χ1v) is 6.46. The minimum atomic E-state index is -0.804. The van der Waals surface area contributed by atoms with E-state index in [4.69, 9.17) is 5.11 Å². The number of carboxylic acids is 1. The van der Waals surface area contributed by atoms with Crippen molar-refractivity contribution in [3.63, 3.8) is 0 Å². The van der Waals surface area contributed by atoms with Gasteiger partial charge >= 0.3 is 5.97 Å². The molecule has 1 aromatic rings. The molecule has 0 saturated carbocycles. The molecule has 0 aromatic heterocycles. The molecule has 2 rings (SSSR count). The number of nitrogens with zero attached hydrogens (tertiary/aromatic N) is 2. The highest BCUT2D eigenvalue weighted by Crippen LogP contribution is 2.20. The molecule has 1 atom stereocenters. The molecule has 106 valence electrons. The summed E-state index contributed by atoms with van der Waals surface area (Å²) >= 11 is 0. The number of aliphatic carboxylic acids is 1. The Labute approximate surface area is 116 Å². The van der Waals surface area contributed by atoms with Gasteiger partial charge in [-0.3, -0.25) is 19.8 Å². The van der Waals surface area contributed by atoms with E-state index in [9.17, 15) is 14.9 Å². The van der Waals surface area contributed by atoms with Gasteiger partial charge in [-0.15, -0.1) is 0 Å². The molecular formula is C14H16N2O4. The third-order valence-electron chi connectivity index (χ3n) is 3.42. The average molecular weight is 276 g/mol. The Morgan fingerprint density at radius 2 is 2.25 bits per heavy atom. The van der Waals surface area contributed by atoms with E-state index >= 15 is 0 Å². The van der Waals surface area contributed by atoms with Gasteiger partial charge in [-0.1, -0.05) is 24.3 Å². The molecule has 20 heavy (non-hydrogen) atoms. The van der Waals surface area contributed by atoms with Gasteiger partial charge in [0.2, 0.25) is 0 Å². The van der Waals surface area contributed by atoms with Crippen LogP contribution in [0, 0.1) is 10.1 Å². The summed E-state index contributed by atoms with van der Waals surface area (Å²) < 4.78 is 0. The van der Waals surface area contributed by atoms with Crippen LogP contribution in [0.3, 0.4) is 0 Å². The summed E-state index contributed by atoms with van der Waals surface area (Å²) in [4.78, 5) is 23.3. The van der Waals surface area contributed by atoms with E-state index in [-0.39, 0.29) is 5.69 Å². The molecule has 6 nitrogen and oxygen atoms in total. The zero-order valence-corrected chi connectivity index (χ0v) is 10.9. The molecular weight excluding hydrogens is 260 g/mol. The van der Waals surface area contributed by atoms with Crippen molar-refractivity contribution in [3.8, 4) is 0 Å². The molecule has 0 radical (unpaired) electrons. The number of nitro groups is 1.